The van der Waals surface area contributed by atoms with Gasteiger partial charge in [0.2, 0.25) is 0 Å². The van der Waals surface area contributed by atoms with Crippen LogP contribution in [-0.2, 0) is 5.41 Å². The average Bonchev–Trinajstić information content (AvgIpc) is 3.29. The van der Waals surface area contributed by atoms with E-state index < -0.39 is 0 Å². The van der Waals surface area contributed by atoms with Crippen molar-refractivity contribution in [2.45, 2.75) is 26.2 Å². The van der Waals surface area contributed by atoms with Gasteiger partial charge in [0.15, 0.2) is 5.82 Å². The molecule has 2 heterocycles. The van der Waals surface area contributed by atoms with E-state index in [-0.39, 0.29) is 11.4 Å². The molecule has 0 saturated heterocycles. The molecule has 3 N–H and O–H groups in total. The monoisotopic (exact) mass is 374 g/mol. The van der Waals surface area contributed by atoms with Crippen molar-refractivity contribution in [3.8, 4) is 5.69 Å². The van der Waals surface area contributed by atoms with Gasteiger partial charge in [0, 0.05) is 28.6 Å². The first-order chi connectivity index (χ1) is 13.4. The summed E-state index contributed by atoms with van der Waals surface area (Å²) >= 11 is 0. The van der Waals surface area contributed by atoms with Crippen LogP contribution in [0.5, 0.6) is 0 Å². The summed E-state index contributed by atoms with van der Waals surface area (Å²) in [5, 5.41) is 12.6. The number of hydrogen-bond acceptors (Lipinski definition) is 3. The number of nitrogens with one attached hydrogen (secondary N) is 3. The molecule has 2 aromatic carbocycles. The molecule has 0 unspecified atom stereocenters. The Bertz CT molecular complexity index is 1120. The van der Waals surface area contributed by atoms with E-state index in [0.717, 1.165) is 22.4 Å². The second-order valence-electron chi connectivity index (χ2n) is 7.65. The number of aromatic amines is 1. The van der Waals surface area contributed by atoms with E-state index in [1.54, 1.807) is 6.33 Å². The summed E-state index contributed by atoms with van der Waals surface area (Å²) < 4.78 is 2.01. The average molecular weight is 374 g/mol. The van der Waals surface area contributed by atoms with Gasteiger partial charge in [0.1, 0.15) is 6.33 Å². The Morgan fingerprint density at radius 1 is 1.04 bits per heavy atom. The van der Waals surface area contributed by atoms with E-state index in [4.69, 9.17) is 0 Å². The summed E-state index contributed by atoms with van der Waals surface area (Å²) in [6.45, 7) is 6.24. The summed E-state index contributed by atoms with van der Waals surface area (Å²) in [4.78, 5) is 16.6. The minimum Gasteiger partial charge on any atom is -0.308 e. The number of nitrogens with zero attached hydrogens (tertiary/aromatic N) is 3. The predicted molar refractivity (Wildman–Crippen MR) is 111 cm³/mol. The molecule has 142 valence electrons. The van der Waals surface area contributed by atoms with E-state index in [1.807, 2.05) is 59.2 Å². The number of benzene rings is 2. The van der Waals surface area contributed by atoms with E-state index >= 15 is 0 Å². The van der Waals surface area contributed by atoms with Crippen molar-refractivity contribution in [3.63, 3.8) is 0 Å². The summed E-state index contributed by atoms with van der Waals surface area (Å²) in [5.74, 6) is 0.490. The largest absolute Gasteiger partial charge is 0.324 e. The van der Waals surface area contributed by atoms with Gasteiger partial charge in [-0.05, 0) is 36.4 Å². The van der Waals surface area contributed by atoms with Gasteiger partial charge >= 0.3 is 6.03 Å². The Labute approximate surface area is 162 Å². The SMILES string of the molecule is CC(C)(C)c1cc(NC(=O)Nc2ccc(-n3cnc4ccccc43)cc2)n[nH]1. The Kier molecular flexibility index (Phi) is 4.35. The molecule has 7 nitrogen and oxygen atoms in total. The van der Waals surface area contributed by atoms with Gasteiger partial charge in [-0.15, -0.1) is 0 Å². The van der Waals surface area contributed by atoms with Gasteiger partial charge in [-0.25, -0.2) is 9.78 Å². The first-order valence-corrected chi connectivity index (χ1v) is 9.06. The maximum Gasteiger partial charge on any atom is 0.324 e. The predicted octanol–water partition coefficient (Wildman–Crippen LogP) is 4.69. The highest BCUT2D eigenvalue weighted by molar-refractivity contribution is 5.99. The number of amides is 2. The first kappa shape index (κ1) is 17.8. The molecule has 0 aliphatic rings. The summed E-state index contributed by atoms with van der Waals surface area (Å²) in [7, 11) is 0. The first-order valence-electron chi connectivity index (χ1n) is 9.06. The van der Waals surface area contributed by atoms with Crippen molar-refractivity contribution in [2.24, 2.45) is 0 Å². The third-order valence-corrected chi connectivity index (χ3v) is 4.48. The highest BCUT2D eigenvalue weighted by Crippen LogP contribution is 2.22. The normalized spacial score (nSPS) is 11.5. The molecule has 0 fully saturated rings. The fourth-order valence-electron chi connectivity index (χ4n) is 2.92. The number of carbonyl (C=O) groups excluding carboxylic acids is 1. The lowest BCUT2D eigenvalue weighted by molar-refractivity contribution is 0.262. The molecule has 0 atom stereocenters. The number of hydrogen-bond donors (Lipinski definition) is 3. The van der Waals surface area contributed by atoms with Gasteiger partial charge in [0.05, 0.1) is 11.0 Å². The number of anilines is 2. The van der Waals surface area contributed by atoms with Crippen LogP contribution in [0, 0.1) is 0 Å². The molecule has 0 bridgehead atoms. The molecule has 0 radical (unpaired) electrons. The van der Waals surface area contributed by atoms with Crippen molar-refractivity contribution in [1.29, 1.82) is 0 Å². The minimum absolute atomic E-state index is 0.0588. The number of urea groups is 1. The molecular formula is C21H22N6O. The molecule has 0 saturated carbocycles. The standard InChI is InChI=1S/C21H22N6O/c1-21(2,3)18-12-19(26-25-18)24-20(28)23-14-8-10-15(11-9-14)27-13-22-16-6-4-5-7-17(16)27/h4-13H,1-3H3,(H3,23,24,25,26,28). The number of para-hydroxylation sites is 2. The second-order valence-corrected chi connectivity index (χ2v) is 7.65. The van der Waals surface area contributed by atoms with Crippen LogP contribution in [0.25, 0.3) is 16.7 Å². The summed E-state index contributed by atoms with van der Waals surface area (Å²) in [5.41, 5.74) is 4.54. The number of rotatable bonds is 3. The highest BCUT2D eigenvalue weighted by atomic mass is 16.2. The third-order valence-electron chi connectivity index (χ3n) is 4.48. The quantitative estimate of drug-likeness (QED) is 0.486. The highest BCUT2D eigenvalue weighted by Gasteiger charge is 2.17. The van der Waals surface area contributed by atoms with Crippen molar-refractivity contribution >= 4 is 28.6 Å². The lowest BCUT2D eigenvalue weighted by Gasteiger charge is -2.14. The molecule has 0 aliphatic heterocycles. The molecule has 7 heteroatoms. The van der Waals surface area contributed by atoms with E-state index in [2.05, 4.69) is 46.6 Å². The minimum atomic E-state index is -0.340. The second kappa shape index (κ2) is 6.84. The lowest BCUT2D eigenvalue weighted by Crippen LogP contribution is -2.19. The van der Waals surface area contributed by atoms with Gasteiger partial charge in [-0.1, -0.05) is 32.9 Å². The summed E-state index contributed by atoms with van der Waals surface area (Å²) in [6.07, 6.45) is 1.80. The molecule has 2 amide bonds. The number of H-pyrrole nitrogens is 1. The molecule has 0 aliphatic carbocycles. The maximum absolute atomic E-state index is 12.2. The fourth-order valence-corrected chi connectivity index (χ4v) is 2.92. The van der Waals surface area contributed by atoms with Crippen LogP contribution in [0.15, 0.2) is 60.9 Å². The van der Waals surface area contributed by atoms with Crippen molar-refractivity contribution < 1.29 is 4.79 Å². The van der Waals surface area contributed by atoms with Gasteiger partial charge in [-0.2, -0.15) is 5.10 Å². The van der Waals surface area contributed by atoms with Gasteiger partial charge in [0.25, 0.3) is 0 Å². The van der Waals surface area contributed by atoms with E-state index in [1.165, 1.54) is 0 Å². The zero-order valence-electron chi connectivity index (χ0n) is 16.0. The van der Waals surface area contributed by atoms with Gasteiger partial charge < -0.3 is 5.32 Å². The number of aromatic nitrogens is 4. The van der Waals surface area contributed by atoms with E-state index in [9.17, 15) is 4.79 Å². The Hall–Kier alpha value is -3.61. The topological polar surface area (TPSA) is 87.6 Å². The van der Waals surface area contributed by atoms with Crippen molar-refractivity contribution in [3.05, 3.63) is 66.6 Å². The van der Waals surface area contributed by atoms with Gasteiger partial charge in [-0.3, -0.25) is 15.0 Å². The summed E-state index contributed by atoms with van der Waals surface area (Å²) in [6, 6.07) is 17.1. The molecule has 2 aromatic heterocycles. The number of fused-ring (bicyclic) bond motifs is 1. The molecule has 4 rings (SSSR count). The Morgan fingerprint density at radius 3 is 2.50 bits per heavy atom. The van der Waals surface area contributed by atoms with Crippen LogP contribution < -0.4 is 10.6 Å². The maximum atomic E-state index is 12.2. The molecule has 28 heavy (non-hydrogen) atoms. The zero-order valence-corrected chi connectivity index (χ0v) is 16.0. The van der Waals surface area contributed by atoms with Crippen LogP contribution in [0.1, 0.15) is 26.5 Å². The van der Waals surface area contributed by atoms with Crippen LogP contribution in [0.4, 0.5) is 16.3 Å². The molecule has 0 spiro atoms. The van der Waals surface area contributed by atoms with Crippen molar-refractivity contribution in [1.82, 2.24) is 19.7 Å². The van der Waals surface area contributed by atoms with Crippen molar-refractivity contribution in [2.75, 3.05) is 10.6 Å². The number of imidazole rings is 1. The number of carbonyl (C=O) groups is 1. The fraction of sp³-hybridized carbons (Fsp3) is 0.190. The van der Waals surface area contributed by atoms with Crippen LogP contribution in [-0.4, -0.2) is 25.8 Å². The van der Waals surface area contributed by atoms with Crippen LogP contribution >= 0.6 is 0 Å². The zero-order chi connectivity index (χ0) is 19.7. The smallest absolute Gasteiger partial charge is 0.308 e. The van der Waals surface area contributed by atoms with E-state index in [0.29, 0.717) is 11.5 Å². The lowest BCUT2D eigenvalue weighted by atomic mass is 9.92. The van der Waals surface area contributed by atoms with Crippen LogP contribution in [0.2, 0.25) is 0 Å². The Morgan fingerprint density at radius 2 is 1.79 bits per heavy atom. The molecular weight excluding hydrogens is 352 g/mol. The molecule has 4 aromatic rings. The third kappa shape index (κ3) is 3.59. The Balaban J connectivity index is 1.44. The van der Waals surface area contributed by atoms with Crippen LogP contribution in [0.3, 0.4) is 0 Å².